The average Bonchev–Trinajstić information content (AvgIpc) is 2.78. The Morgan fingerprint density at radius 1 is 1.03 bits per heavy atom. The van der Waals surface area contributed by atoms with E-state index in [0.717, 1.165) is 21.9 Å². The van der Waals surface area contributed by atoms with Gasteiger partial charge in [0.15, 0.2) is 0 Å². The van der Waals surface area contributed by atoms with Gasteiger partial charge in [-0.2, -0.15) is 0 Å². The summed E-state index contributed by atoms with van der Waals surface area (Å²) in [6.45, 7) is 0. The average molecular weight is 424 g/mol. The van der Waals surface area contributed by atoms with Crippen molar-refractivity contribution in [2.24, 2.45) is 5.92 Å². The third-order valence-corrected chi connectivity index (χ3v) is 6.40. The number of carbonyl (C=O) groups excluding carboxylic acids is 1. The van der Waals surface area contributed by atoms with E-state index in [1.807, 2.05) is 54.6 Å². The Hall–Kier alpha value is -2.83. The van der Waals surface area contributed by atoms with Crippen molar-refractivity contribution in [3.8, 4) is 5.75 Å². The molecule has 3 aromatic carbocycles. The van der Waals surface area contributed by atoms with Crippen LogP contribution in [-0.2, 0) is 4.79 Å². The number of aliphatic hydroxyl groups excluding tert-OH is 1. The van der Waals surface area contributed by atoms with Gasteiger partial charge < -0.3 is 14.7 Å². The number of amides is 1. The highest BCUT2D eigenvalue weighted by atomic mass is 32.2. The van der Waals surface area contributed by atoms with Crippen LogP contribution >= 0.6 is 11.8 Å². The van der Waals surface area contributed by atoms with Crippen molar-refractivity contribution in [1.29, 1.82) is 0 Å². The number of thioether (sulfide) groups is 1. The standard InChI is InChI=1S/C24H22FNO3S/c1-29-19-11-7-16(8-12-19)23-22(24(28)26(23)18-5-3-2-4-6-18)21(27)15-30-20-13-9-17(25)10-14-20/h2-14,21-23,27H,15H2,1H3/t21-,22-,23-/m1/s1. The first-order valence-electron chi connectivity index (χ1n) is 9.67. The van der Waals surface area contributed by atoms with E-state index in [4.69, 9.17) is 4.74 Å². The van der Waals surface area contributed by atoms with Gasteiger partial charge in [-0.1, -0.05) is 30.3 Å². The number of β-lactam (4-membered cyclic amide) rings is 1. The minimum absolute atomic E-state index is 0.103. The Balaban J connectivity index is 1.56. The fourth-order valence-corrected chi connectivity index (χ4v) is 4.64. The van der Waals surface area contributed by atoms with Crippen molar-refractivity contribution in [3.63, 3.8) is 0 Å². The van der Waals surface area contributed by atoms with Crippen molar-refractivity contribution in [2.45, 2.75) is 17.0 Å². The molecule has 0 radical (unpaired) electrons. The van der Waals surface area contributed by atoms with Crippen LogP contribution in [0.2, 0.25) is 0 Å². The van der Waals surface area contributed by atoms with E-state index in [1.54, 1.807) is 24.1 Å². The topological polar surface area (TPSA) is 49.8 Å². The second-order valence-corrected chi connectivity index (χ2v) is 8.21. The number of nitrogens with zero attached hydrogens (tertiary/aromatic N) is 1. The minimum atomic E-state index is -0.834. The fraction of sp³-hybridized carbons (Fsp3) is 0.208. The Morgan fingerprint density at radius 2 is 1.70 bits per heavy atom. The maximum absolute atomic E-state index is 13.1. The summed E-state index contributed by atoms with van der Waals surface area (Å²) in [7, 11) is 1.61. The highest BCUT2D eigenvalue weighted by Gasteiger charge is 2.52. The van der Waals surface area contributed by atoms with Gasteiger partial charge in [0.1, 0.15) is 11.6 Å². The number of anilines is 1. The molecule has 1 fully saturated rings. The maximum Gasteiger partial charge on any atom is 0.235 e. The van der Waals surface area contributed by atoms with Gasteiger partial charge in [0, 0.05) is 16.3 Å². The van der Waals surface area contributed by atoms with Gasteiger partial charge in [0.25, 0.3) is 0 Å². The minimum Gasteiger partial charge on any atom is -0.497 e. The molecule has 3 atom stereocenters. The molecule has 4 rings (SSSR count). The molecule has 0 aromatic heterocycles. The molecule has 0 spiro atoms. The molecule has 0 saturated carbocycles. The molecular formula is C24H22FNO3S. The van der Waals surface area contributed by atoms with E-state index in [2.05, 4.69) is 0 Å². The van der Waals surface area contributed by atoms with Crippen molar-refractivity contribution in [1.82, 2.24) is 0 Å². The molecule has 6 heteroatoms. The van der Waals surface area contributed by atoms with Gasteiger partial charge >= 0.3 is 0 Å². The summed E-state index contributed by atoms with van der Waals surface area (Å²) in [5, 5.41) is 10.9. The molecule has 0 aliphatic carbocycles. The molecular weight excluding hydrogens is 401 g/mol. The molecule has 1 aliphatic heterocycles. The summed E-state index contributed by atoms with van der Waals surface area (Å²) >= 11 is 1.41. The van der Waals surface area contributed by atoms with Gasteiger partial charge in [-0.25, -0.2) is 4.39 Å². The first kappa shape index (κ1) is 20.4. The van der Waals surface area contributed by atoms with Crippen LogP contribution in [-0.4, -0.2) is 30.0 Å². The van der Waals surface area contributed by atoms with Crippen LogP contribution in [0.25, 0.3) is 0 Å². The van der Waals surface area contributed by atoms with E-state index in [1.165, 1.54) is 23.9 Å². The number of hydrogen-bond acceptors (Lipinski definition) is 4. The number of methoxy groups -OCH3 is 1. The number of rotatable bonds is 7. The zero-order valence-corrected chi connectivity index (χ0v) is 17.3. The number of benzene rings is 3. The lowest BCUT2D eigenvalue weighted by Gasteiger charge is -2.49. The van der Waals surface area contributed by atoms with Crippen LogP contribution in [0.5, 0.6) is 5.75 Å². The van der Waals surface area contributed by atoms with Gasteiger partial charge in [-0.05, 0) is 54.1 Å². The first-order chi connectivity index (χ1) is 14.6. The third-order valence-electron chi connectivity index (χ3n) is 5.28. The number of halogens is 1. The second kappa shape index (κ2) is 8.90. The molecule has 0 unspecified atom stereocenters. The van der Waals surface area contributed by atoms with Gasteiger partial charge in [-0.15, -0.1) is 11.8 Å². The van der Waals surface area contributed by atoms with Crippen molar-refractivity contribution < 1.29 is 19.0 Å². The molecule has 1 aliphatic rings. The molecule has 4 nitrogen and oxygen atoms in total. The van der Waals surface area contributed by atoms with E-state index >= 15 is 0 Å². The molecule has 0 bridgehead atoms. The predicted molar refractivity (Wildman–Crippen MR) is 116 cm³/mol. The van der Waals surface area contributed by atoms with Crippen LogP contribution in [0.3, 0.4) is 0 Å². The number of hydrogen-bond donors (Lipinski definition) is 1. The summed E-state index contributed by atoms with van der Waals surface area (Å²) in [5.41, 5.74) is 1.74. The zero-order valence-electron chi connectivity index (χ0n) is 16.4. The third kappa shape index (κ3) is 4.06. The normalized spacial score (nSPS) is 19.3. The SMILES string of the molecule is COc1ccc([C@@H]2[C@@H]([C@H](O)CSc3ccc(F)cc3)C(=O)N2c2ccccc2)cc1. The maximum atomic E-state index is 13.1. The Kier molecular flexibility index (Phi) is 6.06. The highest BCUT2D eigenvalue weighted by Crippen LogP contribution is 2.46. The fourth-order valence-electron chi connectivity index (χ4n) is 3.74. The van der Waals surface area contributed by atoms with Crippen LogP contribution in [0.1, 0.15) is 11.6 Å². The molecule has 3 aromatic rings. The summed E-state index contributed by atoms with van der Waals surface area (Å²) < 4.78 is 18.4. The summed E-state index contributed by atoms with van der Waals surface area (Å²) in [5.74, 6) is 0.129. The van der Waals surface area contributed by atoms with Crippen LogP contribution < -0.4 is 9.64 Å². The first-order valence-corrected chi connectivity index (χ1v) is 10.7. The Morgan fingerprint density at radius 3 is 2.33 bits per heavy atom. The molecule has 1 heterocycles. The van der Waals surface area contributed by atoms with Crippen LogP contribution in [0.15, 0.2) is 83.8 Å². The Labute approximate surface area is 179 Å². The number of para-hydroxylation sites is 1. The monoisotopic (exact) mass is 423 g/mol. The largest absolute Gasteiger partial charge is 0.497 e. The predicted octanol–water partition coefficient (Wildman–Crippen LogP) is 4.69. The van der Waals surface area contributed by atoms with Crippen molar-refractivity contribution >= 4 is 23.4 Å². The number of aliphatic hydroxyl groups is 1. The van der Waals surface area contributed by atoms with E-state index in [9.17, 15) is 14.3 Å². The van der Waals surface area contributed by atoms with Gasteiger partial charge in [0.05, 0.1) is 25.2 Å². The van der Waals surface area contributed by atoms with E-state index in [-0.39, 0.29) is 17.8 Å². The quantitative estimate of drug-likeness (QED) is 0.442. The molecule has 154 valence electrons. The number of carbonyl (C=O) groups is 1. The van der Waals surface area contributed by atoms with Crippen molar-refractivity contribution in [2.75, 3.05) is 17.8 Å². The van der Waals surface area contributed by atoms with Crippen molar-refractivity contribution in [3.05, 3.63) is 90.2 Å². The smallest absolute Gasteiger partial charge is 0.235 e. The summed E-state index contributed by atoms with van der Waals surface area (Å²) in [6, 6.07) is 22.9. The zero-order chi connectivity index (χ0) is 21.1. The van der Waals surface area contributed by atoms with Crippen LogP contribution in [0.4, 0.5) is 10.1 Å². The van der Waals surface area contributed by atoms with Crippen LogP contribution in [0, 0.1) is 11.7 Å². The van der Waals surface area contributed by atoms with Gasteiger partial charge in [0.2, 0.25) is 5.91 Å². The molecule has 1 amide bonds. The number of ether oxygens (including phenoxy) is 1. The molecule has 1 N–H and O–H groups in total. The molecule has 30 heavy (non-hydrogen) atoms. The lowest BCUT2D eigenvalue weighted by Crippen LogP contribution is -2.60. The summed E-state index contributed by atoms with van der Waals surface area (Å²) in [6.07, 6.45) is -0.834. The lowest BCUT2D eigenvalue weighted by atomic mass is 9.78. The Bertz CT molecular complexity index is 995. The highest BCUT2D eigenvalue weighted by molar-refractivity contribution is 7.99. The van der Waals surface area contributed by atoms with Gasteiger partial charge in [-0.3, -0.25) is 4.79 Å². The van der Waals surface area contributed by atoms with E-state index < -0.39 is 12.0 Å². The second-order valence-electron chi connectivity index (χ2n) is 7.12. The lowest BCUT2D eigenvalue weighted by molar-refractivity contribution is -0.135. The molecule has 1 saturated heterocycles. The summed E-state index contributed by atoms with van der Waals surface area (Å²) in [4.78, 5) is 15.6. The van der Waals surface area contributed by atoms with E-state index in [0.29, 0.717) is 5.75 Å².